The van der Waals surface area contributed by atoms with Gasteiger partial charge >= 0.3 is 0 Å². The number of anilines is 1. The average molecular weight is 290 g/mol. The van der Waals surface area contributed by atoms with Gasteiger partial charge in [-0.15, -0.1) is 0 Å². The first-order valence-electron chi connectivity index (χ1n) is 7.30. The Morgan fingerprint density at radius 3 is 2.50 bits per heavy atom. The molecule has 0 spiro atoms. The van der Waals surface area contributed by atoms with E-state index in [1.165, 1.54) is 19.3 Å². The maximum atomic E-state index is 6.04. The Morgan fingerprint density at radius 1 is 1.05 bits per heavy atom. The van der Waals surface area contributed by atoms with Crippen molar-refractivity contribution in [3.63, 3.8) is 0 Å². The summed E-state index contributed by atoms with van der Waals surface area (Å²) in [6, 6.07) is 8.48. The predicted molar refractivity (Wildman–Crippen MR) is 84.1 cm³/mol. The molecule has 1 aliphatic carbocycles. The molecule has 1 aromatic carbocycles. The molecule has 1 fully saturated rings. The normalized spacial score (nSPS) is 26.6. The maximum Gasteiger partial charge on any atom is 0.224 e. The molecule has 2 unspecified atom stereocenters. The number of fused-ring (bicyclic) bond motifs is 1. The smallest absolute Gasteiger partial charge is 0.224 e. The number of aromatic nitrogens is 2. The molecule has 2 aromatic rings. The van der Waals surface area contributed by atoms with Crippen molar-refractivity contribution >= 4 is 28.3 Å². The fourth-order valence-electron chi connectivity index (χ4n) is 3.42. The molecule has 20 heavy (non-hydrogen) atoms. The Kier molecular flexibility index (Phi) is 3.79. The zero-order valence-electron chi connectivity index (χ0n) is 11.9. The Balaban J connectivity index is 1.90. The number of para-hydroxylation sites is 1. The summed E-state index contributed by atoms with van der Waals surface area (Å²) in [5, 5.41) is 4.94. The fourth-order valence-corrected chi connectivity index (χ4v) is 3.59. The lowest BCUT2D eigenvalue weighted by Crippen LogP contribution is -2.30. The van der Waals surface area contributed by atoms with E-state index in [1.807, 2.05) is 24.3 Å². The standard InChI is InChI=1S/C16H20ClN3/c1-10-7-11(2)9-12(8-10)18-15-13-5-3-4-6-14(13)19-16(17)20-15/h3-6,10-12H,7-9H2,1-2H3,(H,18,19,20). The van der Waals surface area contributed by atoms with E-state index in [0.29, 0.717) is 11.3 Å². The first-order chi connectivity index (χ1) is 9.61. The molecule has 0 bridgehead atoms. The van der Waals surface area contributed by atoms with Crippen LogP contribution in [0.25, 0.3) is 10.9 Å². The molecule has 3 nitrogen and oxygen atoms in total. The van der Waals surface area contributed by atoms with Crippen LogP contribution in [0, 0.1) is 11.8 Å². The minimum atomic E-state index is 0.308. The van der Waals surface area contributed by atoms with Crippen LogP contribution in [0.5, 0.6) is 0 Å². The van der Waals surface area contributed by atoms with Gasteiger partial charge in [-0.2, -0.15) is 0 Å². The largest absolute Gasteiger partial charge is 0.367 e. The summed E-state index contributed by atoms with van der Waals surface area (Å²) >= 11 is 6.04. The van der Waals surface area contributed by atoms with E-state index >= 15 is 0 Å². The molecule has 1 N–H and O–H groups in total. The molecule has 2 atom stereocenters. The van der Waals surface area contributed by atoms with Crippen molar-refractivity contribution in [1.82, 2.24) is 9.97 Å². The molecule has 1 aliphatic rings. The van der Waals surface area contributed by atoms with E-state index in [2.05, 4.69) is 29.1 Å². The van der Waals surface area contributed by atoms with Crippen LogP contribution >= 0.6 is 11.6 Å². The van der Waals surface area contributed by atoms with Gasteiger partial charge in [0.2, 0.25) is 5.28 Å². The summed E-state index contributed by atoms with van der Waals surface area (Å²) in [6.07, 6.45) is 3.71. The molecule has 0 radical (unpaired) electrons. The number of hydrogen-bond donors (Lipinski definition) is 1. The van der Waals surface area contributed by atoms with Crippen molar-refractivity contribution in [3.05, 3.63) is 29.5 Å². The third kappa shape index (κ3) is 2.88. The highest BCUT2D eigenvalue weighted by Gasteiger charge is 2.24. The molecule has 0 aliphatic heterocycles. The van der Waals surface area contributed by atoms with Gasteiger partial charge in [0.15, 0.2) is 0 Å². The van der Waals surface area contributed by atoms with Gasteiger partial charge in [-0.3, -0.25) is 0 Å². The molecule has 3 rings (SSSR count). The Hall–Kier alpha value is -1.35. The fraction of sp³-hybridized carbons (Fsp3) is 0.500. The highest BCUT2D eigenvalue weighted by Crippen LogP contribution is 2.31. The lowest BCUT2D eigenvalue weighted by molar-refractivity contribution is 0.280. The maximum absolute atomic E-state index is 6.04. The van der Waals surface area contributed by atoms with E-state index in [4.69, 9.17) is 11.6 Å². The van der Waals surface area contributed by atoms with Crippen LogP contribution in [0.4, 0.5) is 5.82 Å². The zero-order chi connectivity index (χ0) is 14.1. The van der Waals surface area contributed by atoms with E-state index in [-0.39, 0.29) is 0 Å². The first-order valence-corrected chi connectivity index (χ1v) is 7.68. The van der Waals surface area contributed by atoms with Crippen LogP contribution in [0.3, 0.4) is 0 Å². The van der Waals surface area contributed by atoms with Crippen molar-refractivity contribution in [2.24, 2.45) is 11.8 Å². The number of nitrogens with one attached hydrogen (secondary N) is 1. The molecule has 0 amide bonds. The van der Waals surface area contributed by atoms with Crippen molar-refractivity contribution in [2.45, 2.75) is 39.2 Å². The van der Waals surface area contributed by atoms with Crippen LogP contribution in [0.15, 0.2) is 24.3 Å². The minimum absolute atomic E-state index is 0.308. The van der Waals surface area contributed by atoms with E-state index in [1.54, 1.807) is 0 Å². The summed E-state index contributed by atoms with van der Waals surface area (Å²) in [5.74, 6) is 2.39. The summed E-state index contributed by atoms with van der Waals surface area (Å²) in [5.41, 5.74) is 0.895. The molecular weight excluding hydrogens is 270 g/mol. The van der Waals surface area contributed by atoms with Gasteiger partial charge in [-0.1, -0.05) is 26.0 Å². The second-order valence-corrected chi connectivity index (χ2v) is 6.46. The van der Waals surface area contributed by atoms with Crippen molar-refractivity contribution in [3.8, 4) is 0 Å². The van der Waals surface area contributed by atoms with Gasteiger partial charge in [0.05, 0.1) is 5.52 Å². The Bertz CT molecular complexity index is 604. The zero-order valence-corrected chi connectivity index (χ0v) is 12.7. The van der Waals surface area contributed by atoms with Crippen LogP contribution < -0.4 is 5.32 Å². The third-order valence-corrected chi connectivity index (χ3v) is 4.26. The van der Waals surface area contributed by atoms with Crippen LogP contribution in [0.2, 0.25) is 5.28 Å². The lowest BCUT2D eigenvalue weighted by atomic mass is 9.80. The van der Waals surface area contributed by atoms with E-state index in [9.17, 15) is 0 Å². The minimum Gasteiger partial charge on any atom is -0.367 e. The summed E-state index contributed by atoms with van der Waals surface area (Å²) in [4.78, 5) is 8.66. The second kappa shape index (κ2) is 5.57. The van der Waals surface area contributed by atoms with Crippen LogP contribution in [-0.2, 0) is 0 Å². The summed E-state index contributed by atoms with van der Waals surface area (Å²) in [7, 11) is 0. The second-order valence-electron chi connectivity index (χ2n) is 6.12. The summed E-state index contributed by atoms with van der Waals surface area (Å²) < 4.78 is 0. The van der Waals surface area contributed by atoms with Crippen LogP contribution in [0.1, 0.15) is 33.1 Å². The predicted octanol–water partition coefficient (Wildman–Crippen LogP) is 4.52. The van der Waals surface area contributed by atoms with Crippen LogP contribution in [-0.4, -0.2) is 16.0 Å². The van der Waals surface area contributed by atoms with E-state index in [0.717, 1.165) is 28.6 Å². The Morgan fingerprint density at radius 2 is 1.75 bits per heavy atom. The van der Waals surface area contributed by atoms with Gasteiger partial charge in [-0.05, 0) is 54.8 Å². The number of rotatable bonds is 2. The number of benzene rings is 1. The molecule has 1 saturated carbocycles. The third-order valence-electron chi connectivity index (χ3n) is 4.10. The van der Waals surface area contributed by atoms with Crippen molar-refractivity contribution in [2.75, 3.05) is 5.32 Å². The number of nitrogens with zero attached hydrogens (tertiary/aromatic N) is 2. The van der Waals surface area contributed by atoms with Gasteiger partial charge in [0, 0.05) is 11.4 Å². The molecule has 1 heterocycles. The molecule has 1 aromatic heterocycles. The average Bonchev–Trinajstić information content (AvgIpc) is 2.37. The Labute approximate surface area is 124 Å². The molecular formula is C16H20ClN3. The topological polar surface area (TPSA) is 37.8 Å². The summed E-state index contributed by atoms with van der Waals surface area (Å²) in [6.45, 7) is 4.66. The number of halogens is 1. The quantitative estimate of drug-likeness (QED) is 0.826. The highest BCUT2D eigenvalue weighted by molar-refractivity contribution is 6.28. The number of hydrogen-bond acceptors (Lipinski definition) is 3. The van der Waals surface area contributed by atoms with E-state index < -0.39 is 0 Å². The lowest BCUT2D eigenvalue weighted by Gasteiger charge is -2.32. The van der Waals surface area contributed by atoms with Gasteiger partial charge in [-0.25, -0.2) is 9.97 Å². The van der Waals surface area contributed by atoms with Gasteiger partial charge in [0.1, 0.15) is 5.82 Å². The SMILES string of the molecule is CC1CC(C)CC(Nc2nc(Cl)nc3ccccc23)C1. The van der Waals surface area contributed by atoms with Crippen molar-refractivity contribution in [1.29, 1.82) is 0 Å². The first kappa shape index (κ1) is 13.6. The van der Waals surface area contributed by atoms with Gasteiger partial charge in [0.25, 0.3) is 0 Å². The highest BCUT2D eigenvalue weighted by atomic mass is 35.5. The molecule has 4 heteroatoms. The van der Waals surface area contributed by atoms with Crippen molar-refractivity contribution < 1.29 is 0 Å². The molecule has 0 saturated heterocycles. The molecule has 106 valence electrons. The van der Waals surface area contributed by atoms with Gasteiger partial charge < -0.3 is 5.32 Å². The monoisotopic (exact) mass is 289 g/mol.